The summed E-state index contributed by atoms with van der Waals surface area (Å²) < 4.78 is 21.6. The normalized spacial score (nSPS) is 24.8. The summed E-state index contributed by atoms with van der Waals surface area (Å²) >= 11 is 3.48. The van der Waals surface area contributed by atoms with Crippen LogP contribution in [0.4, 0.5) is 0 Å². The molecule has 0 aromatic heterocycles. The average Bonchev–Trinajstić information content (AvgIpc) is 2.41. The second-order valence-electron chi connectivity index (χ2n) is 4.70. The molecular formula is C13H26BrNO4. The molecule has 19 heavy (non-hydrogen) atoms. The fraction of sp³-hybridized carbons (Fsp3) is 1.00. The topological polar surface area (TPSA) is 40.2 Å². The molecule has 2 atom stereocenters. The van der Waals surface area contributed by atoms with Crippen LogP contribution in [0, 0.1) is 0 Å². The Hall–Kier alpha value is 0.280. The van der Waals surface area contributed by atoms with Gasteiger partial charge in [-0.15, -0.1) is 0 Å². The zero-order valence-corrected chi connectivity index (χ0v) is 13.6. The van der Waals surface area contributed by atoms with Crippen LogP contribution in [0.5, 0.6) is 0 Å². The Morgan fingerprint density at radius 3 is 2.47 bits per heavy atom. The summed E-state index contributed by atoms with van der Waals surface area (Å²) in [6.07, 6.45) is 0.592. The third-order valence-electron chi connectivity index (χ3n) is 2.93. The quantitative estimate of drug-likeness (QED) is 0.441. The van der Waals surface area contributed by atoms with Crippen LogP contribution < -0.4 is 0 Å². The van der Waals surface area contributed by atoms with E-state index in [1.54, 1.807) is 7.11 Å². The number of halogens is 1. The zero-order chi connectivity index (χ0) is 13.9. The second-order valence-corrected chi connectivity index (χ2v) is 5.35. The number of morpholine rings is 1. The molecule has 1 aliphatic rings. The molecule has 1 saturated heterocycles. The van der Waals surface area contributed by atoms with Crippen molar-refractivity contribution in [2.45, 2.75) is 19.1 Å². The van der Waals surface area contributed by atoms with Crippen LogP contribution >= 0.6 is 15.9 Å². The summed E-state index contributed by atoms with van der Waals surface area (Å²) in [5, 5.41) is 0.891. The number of rotatable bonds is 10. The molecule has 1 heterocycles. The van der Waals surface area contributed by atoms with Crippen molar-refractivity contribution in [3.05, 3.63) is 0 Å². The van der Waals surface area contributed by atoms with Crippen molar-refractivity contribution in [2.75, 3.05) is 65.1 Å². The average molecular weight is 340 g/mol. The molecule has 0 bridgehead atoms. The predicted molar refractivity (Wildman–Crippen MR) is 78.1 cm³/mol. The monoisotopic (exact) mass is 339 g/mol. The van der Waals surface area contributed by atoms with E-state index in [0.29, 0.717) is 38.6 Å². The molecule has 0 radical (unpaired) electrons. The van der Waals surface area contributed by atoms with E-state index in [4.69, 9.17) is 18.9 Å². The van der Waals surface area contributed by atoms with Gasteiger partial charge in [-0.3, -0.25) is 4.90 Å². The summed E-state index contributed by atoms with van der Waals surface area (Å²) in [5.74, 6) is 0. The predicted octanol–water partition coefficient (Wildman–Crippen LogP) is 1.15. The highest BCUT2D eigenvalue weighted by molar-refractivity contribution is 9.09. The van der Waals surface area contributed by atoms with Crippen molar-refractivity contribution in [1.82, 2.24) is 4.90 Å². The van der Waals surface area contributed by atoms with Crippen molar-refractivity contribution in [3.8, 4) is 0 Å². The fourth-order valence-electron chi connectivity index (χ4n) is 2.07. The maximum Gasteiger partial charge on any atom is 0.0802 e. The molecule has 1 aliphatic heterocycles. The van der Waals surface area contributed by atoms with Gasteiger partial charge in [-0.2, -0.15) is 0 Å². The fourth-order valence-corrected chi connectivity index (χ4v) is 2.42. The van der Waals surface area contributed by atoms with E-state index in [0.717, 1.165) is 31.6 Å². The molecule has 0 amide bonds. The Bertz CT molecular complexity index is 221. The molecule has 0 aromatic carbocycles. The minimum Gasteiger partial charge on any atom is -0.382 e. The molecule has 0 spiro atoms. The minimum atomic E-state index is 0.293. The lowest BCUT2D eigenvalue weighted by Crippen LogP contribution is -2.48. The summed E-state index contributed by atoms with van der Waals surface area (Å²) in [5.41, 5.74) is 0. The SMILES string of the molecule is COCCOCCOCCN1CC(C)OC(CBr)C1. The van der Waals surface area contributed by atoms with Crippen molar-refractivity contribution in [1.29, 1.82) is 0 Å². The Kier molecular flexibility index (Phi) is 10.0. The standard InChI is InChI=1S/C13H26BrNO4/c1-12-10-15(11-13(9-14)19-12)3-4-17-7-8-18-6-5-16-2/h12-13H,3-11H2,1-2H3. The molecule has 0 saturated carbocycles. The highest BCUT2D eigenvalue weighted by atomic mass is 79.9. The van der Waals surface area contributed by atoms with Gasteiger partial charge in [-0.05, 0) is 6.92 Å². The number of ether oxygens (including phenoxy) is 4. The molecule has 0 N–H and O–H groups in total. The van der Waals surface area contributed by atoms with Crippen LogP contribution in [-0.4, -0.2) is 82.2 Å². The van der Waals surface area contributed by atoms with Crippen molar-refractivity contribution < 1.29 is 18.9 Å². The molecule has 0 aromatic rings. The maximum atomic E-state index is 5.79. The second kappa shape index (κ2) is 11.0. The number of alkyl halides is 1. The molecule has 1 fully saturated rings. The van der Waals surface area contributed by atoms with Gasteiger partial charge in [0.05, 0.1) is 45.2 Å². The van der Waals surface area contributed by atoms with Crippen LogP contribution in [0.25, 0.3) is 0 Å². The summed E-state index contributed by atoms with van der Waals surface area (Å²) in [4.78, 5) is 2.39. The van der Waals surface area contributed by atoms with E-state index >= 15 is 0 Å². The third-order valence-corrected chi connectivity index (χ3v) is 3.65. The van der Waals surface area contributed by atoms with E-state index in [1.807, 2.05) is 0 Å². The van der Waals surface area contributed by atoms with Crippen LogP contribution in [0.3, 0.4) is 0 Å². The Morgan fingerprint density at radius 1 is 1.11 bits per heavy atom. The van der Waals surface area contributed by atoms with Gasteiger partial charge >= 0.3 is 0 Å². The lowest BCUT2D eigenvalue weighted by Gasteiger charge is -2.36. The number of methoxy groups -OCH3 is 1. The zero-order valence-electron chi connectivity index (χ0n) is 12.0. The van der Waals surface area contributed by atoms with E-state index < -0.39 is 0 Å². The first-order valence-corrected chi connectivity index (χ1v) is 7.96. The van der Waals surface area contributed by atoms with Gasteiger partial charge in [0.15, 0.2) is 0 Å². The van der Waals surface area contributed by atoms with Crippen LogP contribution in [0.1, 0.15) is 6.92 Å². The van der Waals surface area contributed by atoms with Gasteiger partial charge < -0.3 is 18.9 Å². The smallest absolute Gasteiger partial charge is 0.0802 e. The molecule has 0 aliphatic carbocycles. The van der Waals surface area contributed by atoms with Gasteiger partial charge in [0, 0.05) is 32.1 Å². The first kappa shape index (κ1) is 17.3. The lowest BCUT2D eigenvalue weighted by molar-refractivity contribution is -0.0718. The number of hydrogen-bond acceptors (Lipinski definition) is 5. The highest BCUT2D eigenvalue weighted by Gasteiger charge is 2.23. The number of hydrogen-bond donors (Lipinski definition) is 0. The first-order valence-electron chi connectivity index (χ1n) is 6.84. The maximum absolute atomic E-state index is 5.79. The largest absolute Gasteiger partial charge is 0.382 e. The summed E-state index contributed by atoms with van der Waals surface area (Å²) in [6.45, 7) is 8.32. The molecule has 1 rings (SSSR count). The van der Waals surface area contributed by atoms with Gasteiger partial charge in [0.25, 0.3) is 0 Å². The molecule has 6 heteroatoms. The van der Waals surface area contributed by atoms with E-state index in [-0.39, 0.29) is 0 Å². The van der Waals surface area contributed by atoms with Crippen LogP contribution in [0.2, 0.25) is 0 Å². The summed E-state index contributed by atoms with van der Waals surface area (Å²) in [6, 6.07) is 0. The van der Waals surface area contributed by atoms with Crippen molar-refractivity contribution in [2.24, 2.45) is 0 Å². The molecular weight excluding hydrogens is 314 g/mol. The van der Waals surface area contributed by atoms with Gasteiger partial charge in [0.1, 0.15) is 0 Å². The number of nitrogens with zero attached hydrogens (tertiary/aromatic N) is 1. The Balaban J connectivity index is 1.96. The van der Waals surface area contributed by atoms with Gasteiger partial charge in [-0.25, -0.2) is 0 Å². The van der Waals surface area contributed by atoms with Crippen molar-refractivity contribution >= 4 is 15.9 Å². The van der Waals surface area contributed by atoms with Gasteiger partial charge in [0.2, 0.25) is 0 Å². The lowest BCUT2D eigenvalue weighted by atomic mass is 10.2. The highest BCUT2D eigenvalue weighted by Crippen LogP contribution is 2.12. The van der Waals surface area contributed by atoms with E-state index in [1.165, 1.54) is 0 Å². The third kappa shape index (κ3) is 8.22. The van der Waals surface area contributed by atoms with Crippen LogP contribution in [-0.2, 0) is 18.9 Å². The van der Waals surface area contributed by atoms with Gasteiger partial charge in [-0.1, -0.05) is 15.9 Å². The summed E-state index contributed by atoms with van der Waals surface area (Å²) in [7, 11) is 1.67. The van der Waals surface area contributed by atoms with Crippen molar-refractivity contribution in [3.63, 3.8) is 0 Å². The van der Waals surface area contributed by atoms with E-state index in [9.17, 15) is 0 Å². The Labute approximate surface area is 124 Å². The van der Waals surface area contributed by atoms with Crippen LogP contribution in [0.15, 0.2) is 0 Å². The first-order chi connectivity index (χ1) is 9.26. The molecule has 5 nitrogen and oxygen atoms in total. The molecule has 114 valence electrons. The minimum absolute atomic E-state index is 0.293. The Morgan fingerprint density at radius 2 is 1.79 bits per heavy atom. The molecule has 2 unspecified atom stereocenters. The van der Waals surface area contributed by atoms with E-state index in [2.05, 4.69) is 27.8 Å².